The van der Waals surface area contributed by atoms with Crippen LogP contribution < -0.4 is 19.7 Å². The lowest BCUT2D eigenvalue weighted by Gasteiger charge is -2.39. The Morgan fingerprint density at radius 2 is 1.67 bits per heavy atom. The minimum atomic E-state index is -0.479. The Bertz CT molecular complexity index is 1100. The van der Waals surface area contributed by atoms with E-state index in [1.54, 1.807) is 37.3 Å². The molecule has 2 N–H and O–H groups in total. The molecule has 1 unspecified atom stereocenters. The van der Waals surface area contributed by atoms with E-state index in [0.29, 0.717) is 22.7 Å². The highest BCUT2D eigenvalue weighted by atomic mass is 16.5. The molecule has 6 heteroatoms. The van der Waals surface area contributed by atoms with Gasteiger partial charge in [-0.2, -0.15) is 0 Å². The number of nitrogens with one attached hydrogen (secondary N) is 1. The first-order chi connectivity index (χ1) is 14.4. The fourth-order valence-electron chi connectivity index (χ4n) is 3.87. The number of hydrogen-bond donors (Lipinski definition) is 2. The zero-order chi connectivity index (χ0) is 21.4. The highest BCUT2D eigenvalue weighted by molar-refractivity contribution is 6.12. The van der Waals surface area contributed by atoms with E-state index in [2.05, 4.69) is 5.32 Å². The number of aromatic hydroxyl groups is 1. The summed E-state index contributed by atoms with van der Waals surface area (Å²) >= 11 is 0. The number of phenols is 1. The molecule has 1 heterocycles. The van der Waals surface area contributed by atoms with Crippen LogP contribution in [0.1, 0.15) is 33.2 Å². The number of benzene rings is 3. The quantitative estimate of drug-likeness (QED) is 0.654. The minimum Gasteiger partial charge on any atom is -0.507 e. The van der Waals surface area contributed by atoms with Crippen LogP contribution in [0.3, 0.4) is 0 Å². The number of rotatable bonds is 4. The van der Waals surface area contributed by atoms with Crippen LogP contribution >= 0.6 is 0 Å². The fraction of sp³-hybridized carbons (Fsp3) is 0.208. The van der Waals surface area contributed by atoms with E-state index < -0.39 is 6.17 Å². The summed E-state index contributed by atoms with van der Waals surface area (Å²) in [5, 5.41) is 13.7. The second kappa shape index (κ2) is 7.63. The molecule has 1 aliphatic heterocycles. The van der Waals surface area contributed by atoms with E-state index in [-0.39, 0.29) is 11.7 Å². The van der Waals surface area contributed by atoms with Crippen LogP contribution in [0.4, 0.5) is 11.4 Å². The second-order valence-corrected chi connectivity index (χ2v) is 7.31. The molecule has 0 spiro atoms. The van der Waals surface area contributed by atoms with Gasteiger partial charge in [0.1, 0.15) is 23.4 Å². The highest BCUT2D eigenvalue weighted by Gasteiger charge is 2.36. The number of nitrogens with zero attached hydrogens (tertiary/aromatic N) is 1. The first-order valence-corrected chi connectivity index (χ1v) is 9.66. The number of hydrogen-bond acceptors (Lipinski definition) is 5. The third-order valence-corrected chi connectivity index (χ3v) is 5.40. The van der Waals surface area contributed by atoms with Crippen molar-refractivity contribution in [3.63, 3.8) is 0 Å². The number of anilines is 2. The van der Waals surface area contributed by atoms with Gasteiger partial charge in [0.25, 0.3) is 5.91 Å². The number of para-hydroxylation sites is 1. The lowest BCUT2D eigenvalue weighted by atomic mass is 9.98. The summed E-state index contributed by atoms with van der Waals surface area (Å²) in [5.41, 5.74) is 4.33. The summed E-state index contributed by atoms with van der Waals surface area (Å²) in [6.45, 7) is 3.70. The Hall–Kier alpha value is -3.67. The lowest BCUT2D eigenvalue weighted by Crippen LogP contribution is -2.43. The molecule has 1 amide bonds. The molecule has 0 aromatic heterocycles. The molecule has 0 bridgehead atoms. The van der Waals surface area contributed by atoms with Gasteiger partial charge in [-0.3, -0.25) is 9.69 Å². The van der Waals surface area contributed by atoms with Crippen LogP contribution in [0, 0.1) is 13.8 Å². The number of amides is 1. The van der Waals surface area contributed by atoms with Crippen LogP contribution in [-0.4, -0.2) is 25.2 Å². The first-order valence-electron chi connectivity index (χ1n) is 9.66. The summed E-state index contributed by atoms with van der Waals surface area (Å²) in [6, 6.07) is 16.6. The predicted octanol–water partition coefficient (Wildman–Crippen LogP) is 4.80. The minimum absolute atomic E-state index is 0.138. The van der Waals surface area contributed by atoms with Gasteiger partial charge in [-0.25, -0.2) is 0 Å². The number of methoxy groups -OCH3 is 2. The van der Waals surface area contributed by atoms with Crippen molar-refractivity contribution in [1.29, 1.82) is 0 Å². The maximum absolute atomic E-state index is 13.6. The maximum Gasteiger partial charge on any atom is 0.262 e. The largest absolute Gasteiger partial charge is 0.507 e. The van der Waals surface area contributed by atoms with E-state index in [1.165, 1.54) is 0 Å². The molecule has 0 radical (unpaired) electrons. The molecule has 0 saturated heterocycles. The van der Waals surface area contributed by atoms with Crippen molar-refractivity contribution in [2.24, 2.45) is 0 Å². The van der Waals surface area contributed by atoms with E-state index in [0.717, 1.165) is 22.4 Å². The Balaban J connectivity index is 1.92. The monoisotopic (exact) mass is 404 g/mol. The van der Waals surface area contributed by atoms with Crippen LogP contribution in [0.15, 0.2) is 54.6 Å². The Kier molecular flexibility index (Phi) is 4.99. The van der Waals surface area contributed by atoms with Crippen LogP contribution in [-0.2, 0) is 0 Å². The standard InChI is InChI=1S/C24H24N2O4/c1-14-11-16(12-15(2)22(14)27)23-25-19-8-6-5-7-18(19)24(28)26(23)20-10-9-17(29-3)13-21(20)30-4/h5-13,23,25,27H,1-4H3. The molecular weight excluding hydrogens is 380 g/mol. The molecule has 3 aromatic rings. The summed E-state index contributed by atoms with van der Waals surface area (Å²) in [6.07, 6.45) is -0.479. The van der Waals surface area contributed by atoms with E-state index in [1.807, 2.05) is 50.2 Å². The number of aryl methyl sites for hydroxylation is 2. The average molecular weight is 404 g/mol. The zero-order valence-corrected chi connectivity index (χ0v) is 17.4. The van der Waals surface area contributed by atoms with Gasteiger partial charge in [0.15, 0.2) is 0 Å². The third kappa shape index (κ3) is 3.20. The molecule has 4 rings (SSSR count). The number of phenolic OH excluding ortho intramolecular Hbond substituents is 1. The Morgan fingerprint density at radius 1 is 0.967 bits per heavy atom. The zero-order valence-electron chi connectivity index (χ0n) is 17.4. The van der Waals surface area contributed by atoms with Crippen LogP contribution in [0.2, 0.25) is 0 Å². The van der Waals surface area contributed by atoms with Gasteiger partial charge in [0.2, 0.25) is 0 Å². The topological polar surface area (TPSA) is 71.0 Å². The lowest BCUT2D eigenvalue weighted by molar-refractivity contribution is 0.0974. The van der Waals surface area contributed by atoms with Gasteiger partial charge in [0, 0.05) is 11.8 Å². The summed E-state index contributed by atoms with van der Waals surface area (Å²) < 4.78 is 10.9. The second-order valence-electron chi connectivity index (χ2n) is 7.31. The number of fused-ring (bicyclic) bond motifs is 1. The fourth-order valence-corrected chi connectivity index (χ4v) is 3.87. The van der Waals surface area contributed by atoms with Crippen molar-refractivity contribution in [3.8, 4) is 17.2 Å². The summed E-state index contributed by atoms with van der Waals surface area (Å²) in [5.74, 6) is 1.29. The highest BCUT2D eigenvalue weighted by Crippen LogP contribution is 2.42. The van der Waals surface area contributed by atoms with Crippen molar-refractivity contribution in [3.05, 3.63) is 76.9 Å². The predicted molar refractivity (Wildman–Crippen MR) is 117 cm³/mol. The smallest absolute Gasteiger partial charge is 0.262 e. The van der Waals surface area contributed by atoms with Crippen LogP contribution in [0.5, 0.6) is 17.2 Å². The normalized spacial score (nSPS) is 15.4. The summed E-state index contributed by atoms with van der Waals surface area (Å²) in [4.78, 5) is 15.3. The number of carbonyl (C=O) groups is 1. The number of ether oxygens (including phenoxy) is 2. The molecule has 30 heavy (non-hydrogen) atoms. The van der Waals surface area contributed by atoms with Crippen molar-refractivity contribution >= 4 is 17.3 Å². The van der Waals surface area contributed by atoms with Crippen molar-refractivity contribution in [2.75, 3.05) is 24.4 Å². The van der Waals surface area contributed by atoms with E-state index >= 15 is 0 Å². The Morgan fingerprint density at radius 3 is 2.33 bits per heavy atom. The van der Waals surface area contributed by atoms with E-state index in [9.17, 15) is 9.90 Å². The average Bonchev–Trinajstić information content (AvgIpc) is 2.76. The SMILES string of the molecule is COc1ccc(N2C(=O)c3ccccc3NC2c2cc(C)c(O)c(C)c2)c(OC)c1. The summed E-state index contributed by atoms with van der Waals surface area (Å²) in [7, 11) is 3.15. The molecule has 1 aliphatic rings. The van der Waals surface area contributed by atoms with Gasteiger partial charge >= 0.3 is 0 Å². The molecule has 0 aliphatic carbocycles. The van der Waals surface area contributed by atoms with Crippen LogP contribution in [0.25, 0.3) is 0 Å². The van der Waals surface area contributed by atoms with Gasteiger partial charge in [-0.05, 0) is 66.9 Å². The van der Waals surface area contributed by atoms with Gasteiger partial charge in [-0.1, -0.05) is 12.1 Å². The maximum atomic E-state index is 13.6. The Labute approximate surface area is 175 Å². The third-order valence-electron chi connectivity index (χ3n) is 5.40. The van der Waals surface area contributed by atoms with Gasteiger partial charge < -0.3 is 19.9 Å². The van der Waals surface area contributed by atoms with Crippen molar-refractivity contribution < 1.29 is 19.4 Å². The molecular formula is C24H24N2O4. The van der Waals surface area contributed by atoms with Gasteiger partial charge in [-0.15, -0.1) is 0 Å². The number of carbonyl (C=O) groups excluding carboxylic acids is 1. The molecule has 1 atom stereocenters. The first kappa shape index (κ1) is 19.6. The molecule has 0 fully saturated rings. The van der Waals surface area contributed by atoms with Crippen molar-refractivity contribution in [2.45, 2.75) is 20.0 Å². The van der Waals surface area contributed by atoms with Gasteiger partial charge in [0.05, 0.1) is 25.5 Å². The molecule has 0 saturated carbocycles. The molecule has 3 aromatic carbocycles. The van der Waals surface area contributed by atoms with Crippen molar-refractivity contribution in [1.82, 2.24) is 0 Å². The molecule has 154 valence electrons. The van der Waals surface area contributed by atoms with E-state index in [4.69, 9.17) is 9.47 Å². The molecule has 6 nitrogen and oxygen atoms in total.